The van der Waals surface area contributed by atoms with Crippen molar-refractivity contribution < 1.29 is 0 Å². The topological polar surface area (TPSA) is 12.0 Å². The smallest absolute Gasteiger partial charge is 0.0416 e. The maximum absolute atomic E-state index is 3.77. The van der Waals surface area contributed by atoms with E-state index in [9.17, 15) is 0 Å². The zero-order chi connectivity index (χ0) is 26.4. The molecule has 0 saturated heterocycles. The van der Waals surface area contributed by atoms with Gasteiger partial charge in [0.15, 0.2) is 0 Å². The lowest BCUT2D eigenvalue weighted by atomic mass is 9.98. The standard InChI is InChI=1S/C36H59N/c1-4-7-10-13-16-19-22-32-25-28-35(29-26-32)37-36-30-27-33(23-20-17-14-11-8-5-2)31-34(36)24-21-18-15-12-9-6-3/h25-31,37H,4-24H2,1-3H3. The first-order valence-electron chi connectivity index (χ1n) is 16.2. The fourth-order valence-corrected chi connectivity index (χ4v) is 5.36. The Morgan fingerprint density at radius 3 is 1.41 bits per heavy atom. The highest BCUT2D eigenvalue weighted by Gasteiger charge is 2.06. The van der Waals surface area contributed by atoms with Crippen LogP contribution in [0.2, 0.25) is 0 Å². The molecule has 0 aliphatic heterocycles. The quantitative estimate of drug-likeness (QED) is 0.148. The lowest BCUT2D eigenvalue weighted by molar-refractivity contribution is 0.605. The van der Waals surface area contributed by atoms with E-state index in [4.69, 9.17) is 0 Å². The van der Waals surface area contributed by atoms with Gasteiger partial charge in [-0.3, -0.25) is 0 Å². The van der Waals surface area contributed by atoms with Crippen molar-refractivity contribution in [3.63, 3.8) is 0 Å². The minimum absolute atomic E-state index is 1.19. The van der Waals surface area contributed by atoms with E-state index < -0.39 is 0 Å². The van der Waals surface area contributed by atoms with Gasteiger partial charge in [-0.1, -0.05) is 141 Å². The van der Waals surface area contributed by atoms with Gasteiger partial charge in [0.2, 0.25) is 0 Å². The summed E-state index contributed by atoms with van der Waals surface area (Å²) in [7, 11) is 0. The van der Waals surface area contributed by atoms with Gasteiger partial charge in [-0.15, -0.1) is 0 Å². The fraction of sp³-hybridized carbons (Fsp3) is 0.667. The molecule has 0 bridgehead atoms. The normalized spacial score (nSPS) is 11.2. The van der Waals surface area contributed by atoms with Crippen LogP contribution in [0.3, 0.4) is 0 Å². The molecule has 0 aliphatic rings. The van der Waals surface area contributed by atoms with Gasteiger partial charge in [0.05, 0.1) is 0 Å². The summed E-state index contributed by atoms with van der Waals surface area (Å²) in [5, 5.41) is 3.77. The monoisotopic (exact) mass is 505 g/mol. The predicted octanol–water partition coefficient (Wildman–Crippen LogP) is 12.1. The molecule has 0 aromatic heterocycles. The molecule has 0 unspecified atom stereocenters. The van der Waals surface area contributed by atoms with E-state index in [2.05, 4.69) is 68.6 Å². The second kappa shape index (κ2) is 21.2. The highest BCUT2D eigenvalue weighted by Crippen LogP contribution is 2.26. The number of hydrogen-bond acceptors (Lipinski definition) is 1. The first-order valence-corrected chi connectivity index (χ1v) is 16.2. The van der Waals surface area contributed by atoms with Gasteiger partial charge in [-0.2, -0.15) is 0 Å². The summed E-state index contributed by atoms with van der Waals surface area (Å²) >= 11 is 0. The van der Waals surface area contributed by atoms with Gasteiger partial charge in [0, 0.05) is 11.4 Å². The van der Waals surface area contributed by atoms with Crippen molar-refractivity contribution in [1.82, 2.24) is 0 Å². The first-order chi connectivity index (χ1) is 18.3. The van der Waals surface area contributed by atoms with Gasteiger partial charge < -0.3 is 5.32 Å². The van der Waals surface area contributed by atoms with Gasteiger partial charge in [0.1, 0.15) is 0 Å². The molecule has 208 valence electrons. The molecular formula is C36H59N. The van der Waals surface area contributed by atoms with Crippen LogP contribution in [0.25, 0.3) is 0 Å². The molecule has 2 aromatic carbocycles. The van der Waals surface area contributed by atoms with Crippen LogP contribution < -0.4 is 5.32 Å². The number of aryl methyl sites for hydroxylation is 3. The Morgan fingerprint density at radius 2 is 0.865 bits per heavy atom. The zero-order valence-corrected chi connectivity index (χ0v) is 24.9. The van der Waals surface area contributed by atoms with Crippen LogP contribution in [0.1, 0.15) is 153 Å². The molecule has 0 radical (unpaired) electrons. The molecule has 37 heavy (non-hydrogen) atoms. The Kier molecular flexibility index (Phi) is 18.0. The second-order valence-corrected chi connectivity index (χ2v) is 11.4. The molecule has 0 heterocycles. The van der Waals surface area contributed by atoms with Crippen molar-refractivity contribution >= 4 is 11.4 Å². The number of anilines is 2. The zero-order valence-electron chi connectivity index (χ0n) is 24.9. The molecule has 0 spiro atoms. The van der Waals surface area contributed by atoms with Gasteiger partial charge in [-0.25, -0.2) is 0 Å². The lowest BCUT2D eigenvalue weighted by Gasteiger charge is -2.15. The maximum Gasteiger partial charge on any atom is 0.0416 e. The van der Waals surface area contributed by atoms with Crippen molar-refractivity contribution in [3.8, 4) is 0 Å². The van der Waals surface area contributed by atoms with E-state index in [1.165, 1.54) is 163 Å². The summed E-state index contributed by atoms with van der Waals surface area (Å²) in [5.74, 6) is 0. The molecule has 0 atom stereocenters. The van der Waals surface area contributed by atoms with Crippen molar-refractivity contribution in [1.29, 1.82) is 0 Å². The van der Waals surface area contributed by atoms with Crippen molar-refractivity contribution in [3.05, 3.63) is 59.2 Å². The molecule has 0 fully saturated rings. The maximum atomic E-state index is 3.77. The molecule has 0 amide bonds. The molecule has 1 N–H and O–H groups in total. The molecule has 0 saturated carbocycles. The van der Waals surface area contributed by atoms with Crippen LogP contribution in [0, 0.1) is 0 Å². The third kappa shape index (κ3) is 14.7. The van der Waals surface area contributed by atoms with E-state index in [0.29, 0.717) is 0 Å². The average Bonchev–Trinajstić information content (AvgIpc) is 2.92. The summed E-state index contributed by atoms with van der Waals surface area (Å²) in [6.45, 7) is 6.89. The van der Waals surface area contributed by atoms with Crippen LogP contribution in [0.4, 0.5) is 11.4 Å². The van der Waals surface area contributed by atoms with Gasteiger partial charge >= 0.3 is 0 Å². The van der Waals surface area contributed by atoms with Crippen LogP contribution in [-0.4, -0.2) is 0 Å². The van der Waals surface area contributed by atoms with Gasteiger partial charge in [0.25, 0.3) is 0 Å². The van der Waals surface area contributed by atoms with Crippen LogP contribution in [-0.2, 0) is 19.3 Å². The Morgan fingerprint density at radius 1 is 0.432 bits per heavy atom. The SMILES string of the molecule is CCCCCCCCc1ccc(Nc2ccc(CCCCCCCC)cc2CCCCCCCC)cc1. The summed E-state index contributed by atoms with van der Waals surface area (Å²) < 4.78 is 0. The van der Waals surface area contributed by atoms with Gasteiger partial charge in [-0.05, 0) is 73.4 Å². The molecule has 2 aromatic rings. The third-order valence-corrected chi connectivity index (χ3v) is 7.84. The first kappa shape index (κ1) is 31.5. The molecule has 1 heteroatoms. The Labute approximate surface area is 231 Å². The second-order valence-electron chi connectivity index (χ2n) is 11.4. The van der Waals surface area contributed by atoms with Crippen LogP contribution >= 0.6 is 0 Å². The summed E-state index contributed by atoms with van der Waals surface area (Å²) in [4.78, 5) is 0. The van der Waals surface area contributed by atoms with Crippen LogP contribution in [0.5, 0.6) is 0 Å². The summed E-state index contributed by atoms with van der Waals surface area (Å²) in [6, 6.07) is 16.4. The van der Waals surface area contributed by atoms with E-state index in [0.717, 1.165) is 0 Å². The number of hydrogen-bond donors (Lipinski definition) is 1. The molecule has 2 rings (SSSR count). The lowest BCUT2D eigenvalue weighted by Crippen LogP contribution is -1.99. The predicted molar refractivity (Wildman–Crippen MR) is 167 cm³/mol. The number of nitrogens with one attached hydrogen (secondary N) is 1. The van der Waals surface area contributed by atoms with E-state index >= 15 is 0 Å². The van der Waals surface area contributed by atoms with Crippen molar-refractivity contribution in [2.75, 3.05) is 5.32 Å². The summed E-state index contributed by atoms with van der Waals surface area (Å²) in [5.41, 5.74) is 7.04. The largest absolute Gasteiger partial charge is 0.355 e. The Hall–Kier alpha value is -1.76. The number of unbranched alkanes of at least 4 members (excludes halogenated alkanes) is 15. The number of benzene rings is 2. The molecule has 0 aliphatic carbocycles. The van der Waals surface area contributed by atoms with E-state index in [-0.39, 0.29) is 0 Å². The Balaban J connectivity index is 1.90. The highest BCUT2D eigenvalue weighted by atomic mass is 14.9. The number of rotatable bonds is 23. The van der Waals surface area contributed by atoms with Crippen molar-refractivity contribution in [2.24, 2.45) is 0 Å². The minimum Gasteiger partial charge on any atom is -0.355 e. The summed E-state index contributed by atoms with van der Waals surface area (Å²) in [6.07, 6.45) is 28.2. The molecular weight excluding hydrogens is 446 g/mol. The van der Waals surface area contributed by atoms with Crippen LogP contribution in [0.15, 0.2) is 42.5 Å². The Bertz CT molecular complexity index is 791. The molecule has 1 nitrogen and oxygen atoms in total. The van der Waals surface area contributed by atoms with E-state index in [1.54, 1.807) is 0 Å². The van der Waals surface area contributed by atoms with E-state index in [1.807, 2.05) is 0 Å². The highest BCUT2D eigenvalue weighted by molar-refractivity contribution is 5.64. The fourth-order valence-electron chi connectivity index (χ4n) is 5.36. The average molecular weight is 506 g/mol. The van der Waals surface area contributed by atoms with Crippen molar-refractivity contribution in [2.45, 2.75) is 156 Å². The minimum atomic E-state index is 1.19. The third-order valence-electron chi connectivity index (χ3n) is 7.84.